The molecule has 0 saturated carbocycles. The van der Waals surface area contributed by atoms with Gasteiger partial charge in [0, 0.05) is 22.8 Å². The molecule has 3 aromatic heterocycles. The van der Waals surface area contributed by atoms with Gasteiger partial charge >= 0.3 is 0 Å². The molecule has 4 aromatic rings. The van der Waals surface area contributed by atoms with Gasteiger partial charge in [0.05, 0.1) is 11.4 Å². The van der Waals surface area contributed by atoms with E-state index < -0.39 is 10.0 Å². The van der Waals surface area contributed by atoms with Gasteiger partial charge in [-0.2, -0.15) is 13.4 Å². The molecule has 7 nitrogen and oxygen atoms in total. The van der Waals surface area contributed by atoms with Gasteiger partial charge < -0.3 is 5.32 Å². The topological polar surface area (TPSA) is 89.8 Å². The van der Waals surface area contributed by atoms with Gasteiger partial charge in [0.2, 0.25) is 5.95 Å². The molecule has 0 radical (unpaired) electrons. The number of nitrogens with one attached hydrogen (secondary N) is 1. The first-order valence-electron chi connectivity index (χ1n) is 8.50. The minimum atomic E-state index is -3.90. The van der Waals surface area contributed by atoms with E-state index in [0.29, 0.717) is 12.1 Å². The summed E-state index contributed by atoms with van der Waals surface area (Å²) < 4.78 is 27.3. The first-order chi connectivity index (χ1) is 13.5. The van der Waals surface area contributed by atoms with E-state index in [0.717, 1.165) is 14.5 Å². The lowest BCUT2D eigenvalue weighted by atomic mass is 10.2. The first-order valence-corrected chi connectivity index (χ1v) is 10.8. The zero-order chi connectivity index (χ0) is 19.6. The lowest BCUT2D eigenvalue weighted by Gasteiger charge is -2.08. The van der Waals surface area contributed by atoms with E-state index >= 15 is 0 Å². The van der Waals surface area contributed by atoms with E-state index in [4.69, 9.17) is 0 Å². The van der Waals surface area contributed by atoms with Crippen molar-refractivity contribution < 1.29 is 8.42 Å². The summed E-state index contributed by atoms with van der Waals surface area (Å²) in [5.74, 6) is 0.449. The van der Waals surface area contributed by atoms with Gasteiger partial charge in [0.25, 0.3) is 10.0 Å². The summed E-state index contributed by atoms with van der Waals surface area (Å²) >= 11 is 1.58. The van der Waals surface area contributed by atoms with Crippen LogP contribution in [0.25, 0.3) is 11.4 Å². The zero-order valence-corrected chi connectivity index (χ0v) is 16.6. The second kappa shape index (κ2) is 7.53. The summed E-state index contributed by atoms with van der Waals surface area (Å²) in [7, 11) is -3.90. The molecule has 0 aliphatic carbocycles. The lowest BCUT2D eigenvalue weighted by molar-refractivity contribution is 0.580. The van der Waals surface area contributed by atoms with Crippen LogP contribution in [0, 0.1) is 6.92 Å². The van der Waals surface area contributed by atoms with Crippen LogP contribution in [-0.4, -0.2) is 27.6 Å². The molecule has 0 amide bonds. The Morgan fingerprint density at radius 2 is 1.93 bits per heavy atom. The highest BCUT2D eigenvalue weighted by atomic mass is 32.2. The van der Waals surface area contributed by atoms with Gasteiger partial charge in [0.1, 0.15) is 0 Å². The third-order valence-electron chi connectivity index (χ3n) is 4.05. The quantitative estimate of drug-likeness (QED) is 0.522. The Hall–Kier alpha value is -3.04. The molecule has 0 unspecified atom stereocenters. The largest absolute Gasteiger partial charge is 0.349 e. The van der Waals surface area contributed by atoms with Crippen molar-refractivity contribution in [3.8, 4) is 11.4 Å². The predicted octanol–water partition coefficient (Wildman–Crippen LogP) is 3.56. The van der Waals surface area contributed by atoms with E-state index in [9.17, 15) is 8.42 Å². The molecule has 1 N–H and O–H groups in total. The van der Waals surface area contributed by atoms with Crippen LogP contribution in [0.1, 0.15) is 10.4 Å². The van der Waals surface area contributed by atoms with Crippen molar-refractivity contribution in [2.45, 2.75) is 18.4 Å². The molecule has 142 valence electrons. The van der Waals surface area contributed by atoms with Crippen molar-refractivity contribution in [3.63, 3.8) is 0 Å². The number of aryl methyl sites for hydroxylation is 1. The van der Waals surface area contributed by atoms with Crippen LogP contribution in [0.15, 0.2) is 71.2 Å². The summed E-state index contributed by atoms with van der Waals surface area (Å²) in [6, 6.07) is 14.1. The molecule has 0 spiro atoms. The minimum absolute atomic E-state index is 0.153. The number of aromatic nitrogens is 4. The van der Waals surface area contributed by atoms with Crippen molar-refractivity contribution in [2.75, 3.05) is 5.32 Å². The van der Waals surface area contributed by atoms with E-state index in [1.54, 1.807) is 60.1 Å². The maximum absolute atomic E-state index is 13.2. The van der Waals surface area contributed by atoms with E-state index in [1.165, 1.54) is 0 Å². The smallest absolute Gasteiger partial charge is 0.286 e. The molecule has 0 bridgehead atoms. The Labute approximate surface area is 166 Å². The van der Waals surface area contributed by atoms with Crippen molar-refractivity contribution in [3.05, 3.63) is 76.7 Å². The highest BCUT2D eigenvalue weighted by molar-refractivity contribution is 7.90. The van der Waals surface area contributed by atoms with Crippen molar-refractivity contribution in [2.24, 2.45) is 0 Å². The molecule has 3 heterocycles. The number of hydrogen-bond donors (Lipinski definition) is 1. The molecular weight excluding hydrogens is 394 g/mol. The Morgan fingerprint density at radius 3 is 2.61 bits per heavy atom. The van der Waals surface area contributed by atoms with Crippen LogP contribution in [0.3, 0.4) is 0 Å². The number of rotatable bonds is 6. The SMILES string of the molecule is Cc1ccc(S(=O)(=O)n2nc(-c3cccnc3)nc2NCc2cccs2)cc1. The Kier molecular flexibility index (Phi) is 4.93. The first kappa shape index (κ1) is 18.3. The maximum atomic E-state index is 13.2. The molecule has 28 heavy (non-hydrogen) atoms. The summed E-state index contributed by atoms with van der Waals surface area (Å²) in [4.78, 5) is 9.69. The second-order valence-electron chi connectivity index (χ2n) is 6.09. The number of hydrogen-bond acceptors (Lipinski definition) is 7. The van der Waals surface area contributed by atoms with Crippen LogP contribution in [0.2, 0.25) is 0 Å². The third-order valence-corrected chi connectivity index (χ3v) is 6.50. The van der Waals surface area contributed by atoms with Crippen molar-refractivity contribution in [1.29, 1.82) is 0 Å². The summed E-state index contributed by atoms with van der Waals surface area (Å²) in [6.45, 7) is 2.35. The molecule has 1 aromatic carbocycles. The highest BCUT2D eigenvalue weighted by Gasteiger charge is 2.24. The third kappa shape index (κ3) is 3.67. The highest BCUT2D eigenvalue weighted by Crippen LogP contribution is 2.23. The molecular formula is C19H17N5O2S2. The number of thiophene rings is 1. The van der Waals surface area contributed by atoms with Crippen LogP contribution < -0.4 is 5.32 Å². The monoisotopic (exact) mass is 411 g/mol. The summed E-state index contributed by atoms with van der Waals surface area (Å²) in [5, 5.41) is 9.33. The lowest BCUT2D eigenvalue weighted by Crippen LogP contribution is -2.18. The maximum Gasteiger partial charge on any atom is 0.286 e. The Bertz CT molecular complexity index is 1170. The van der Waals surface area contributed by atoms with Gasteiger partial charge in [-0.1, -0.05) is 23.8 Å². The fraction of sp³-hybridized carbons (Fsp3) is 0.105. The number of benzene rings is 1. The molecule has 0 atom stereocenters. The molecule has 0 aliphatic heterocycles. The normalized spacial score (nSPS) is 11.5. The number of anilines is 1. The minimum Gasteiger partial charge on any atom is -0.349 e. The second-order valence-corrected chi connectivity index (χ2v) is 8.89. The van der Waals surface area contributed by atoms with Crippen molar-refractivity contribution in [1.82, 2.24) is 19.2 Å². The summed E-state index contributed by atoms with van der Waals surface area (Å²) in [5.41, 5.74) is 1.61. The van der Waals surface area contributed by atoms with Crippen LogP contribution in [0.5, 0.6) is 0 Å². The molecule has 0 saturated heterocycles. The molecule has 0 fully saturated rings. The van der Waals surface area contributed by atoms with Crippen molar-refractivity contribution >= 4 is 27.3 Å². The van der Waals surface area contributed by atoms with Crippen LogP contribution in [-0.2, 0) is 16.6 Å². The number of pyridine rings is 1. The Balaban J connectivity index is 1.77. The van der Waals surface area contributed by atoms with Gasteiger partial charge in [-0.3, -0.25) is 4.98 Å². The molecule has 0 aliphatic rings. The fourth-order valence-electron chi connectivity index (χ4n) is 2.58. The predicted molar refractivity (Wildman–Crippen MR) is 109 cm³/mol. The molecule has 4 rings (SSSR count). The van der Waals surface area contributed by atoms with E-state index in [-0.39, 0.29) is 16.7 Å². The van der Waals surface area contributed by atoms with E-state index in [1.807, 2.05) is 24.4 Å². The standard InChI is InChI=1S/C19H17N5O2S2/c1-14-6-8-17(9-7-14)28(25,26)24-19(21-13-16-5-3-11-27-16)22-18(23-24)15-4-2-10-20-12-15/h2-12H,13H2,1H3,(H,21,22,23). The Morgan fingerprint density at radius 1 is 1.11 bits per heavy atom. The molecule has 9 heteroatoms. The number of nitrogens with zero attached hydrogens (tertiary/aromatic N) is 4. The average Bonchev–Trinajstić information content (AvgIpc) is 3.37. The van der Waals surface area contributed by atoms with Crippen LogP contribution >= 0.6 is 11.3 Å². The average molecular weight is 412 g/mol. The van der Waals surface area contributed by atoms with Gasteiger partial charge in [0.15, 0.2) is 5.82 Å². The van der Waals surface area contributed by atoms with Gasteiger partial charge in [-0.25, -0.2) is 0 Å². The van der Waals surface area contributed by atoms with Gasteiger partial charge in [-0.15, -0.1) is 20.5 Å². The summed E-state index contributed by atoms with van der Waals surface area (Å²) in [6.07, 6.45) is 3.24. The van der Waals surface area contributed by atoms with Gasteiger partial charge in [-0.05, 0) is 42.6 Å². The fourth-order valence-corrected chi connectivity index (χ4v) is 4.42. The van der Waals surface area contributed by atoms with Crippen LogP contribution in [0.4, 0.5) is 5.95 Å². The van der Waals surface area contributed by atoms with E-state index in [2.05, 4.69) is 20.4 Å². The zero-order valence-electron chi connectivity index (χ0n) is 15.0.